The van der Waals surface area contributed by atoms with Gasteiger partial charge < -0.3 is 38.3 Å². The van der Waals surface area contributed by atoms with Crippen molar-refractivity contribution in [3.8, 4) is 57.2 Å². The highest BCUT2D eigenvalue weighted by Crippen LogP contribution is 2.48. The van der Waals surface area contributed by atoms with Crippen LogP contribution in [0.15, 0.2) is 85.3 Å². The van der Waals surface area contributed by atoms with E-state index in [0.717, 1.165) is 26.2 Å². The Hall–Kier alpha value is -6.23. The topological polar surface area (TPSA) is 146 Å². The quantitative estimate of drug-likeness (QED) is 0.147. The molecule has 4 bridgehead atoms. The number of carboxylic acids is 1. The molecule has 67 heavy (non-hydrogen) atoms. The average molecular weight is 969 g/mol. The first kappa shape index (κ1) is 45.9. The third-order valence-corrected chi connectivity index (χ3v) is 13.2. The molecule has 3 aromatic heterocycles. The largest absolute Gasteiger partial charge is 0.496 e. The van der Waals surface area contributed by atoms with E-state index in [1.165, 1.54) is 18.5 Å². The monoisotopic (exact) mass is 967 g/mol. The fourth-order valence-corrected chi connectivity index (χ4v) is 9.27. The van der Waals surface area contributed by atoms with Crippen molar-refractivity contribution in [1.82, 2.24) is 34.3 Å². The summed E-state index contributed by atoms with van der Waals surface area (Å²) in [5, 5.41) is 11.5. The summed E-state index contributed by atoms with van der Waals surface area (Å²) in [5.74, 6) is 0.283. The van der Waals surface area contributed by atoms with Gasteiger partial charge in [-0.25, -0.2) is 24.1 Å². The molecule has 0 radical (unpaired) electrons. The third-order valence-electron chi connectivity index (χ3n) is 11.9. The van der Waals surface area contributed by atoms with Crippen molar-refractivity contribution in [3.63, 3.8) is 0 Å². The maximum Gasteiger partial charge on any atom is 0.345 e. The van der Waals surface area contributed by atoms with Gasteiger partial charge in [0.1, 0.15) is 59.7 Å². The second-order valence-electron chi connectivity index (χ2n) is 16.4. The highest BCUT2D eigenvalue weighted by Gasteiger charge is 2.33. The van der Waals surface area contributed by atoms with Gasteiger partial charge in [0.25, 0.3) is 0 Å². The number of carbonyl (C=O) groups is 1. The first-order valence-electron chi connectivity index (χ1n) is 21.5. The predicted molar refractivity (Wildman–Crippen MR) is 253 cm³/mol. The Labute approximate surface area is 400 Å². The normalized spacial score (nSPS) is 16.8. The van der Waals surface area contributed by atoms with Crippen molar-refractivity contribution in [3.05, 3.63) is 129 Å². The summed E-state index contributed by atoms with van der Waals surface area (Å²) < 4.78 is 47.9. The zero-order valence-corrected chi connectivity index (χ0v) is 39.2. The number of aromatic nitrogens is 5. The number of fused-ring (bicyclic) bond motifs is 7. The van der Waals surface area contributed by atoms with Gasteiger partial charge in [0, 0.05) is 56.5 Å². The van der Waals surface area contributed by atoms with E-state index < -0.39 is 24.0 Å². The number of hydrogen-bond acceptors (Lipinski definition) is 12. The molecule has 1 saturated heterocycles. The fourth-order valence-electron chi connectivity index (χ4n) is 8.43. The van der Waals surface area contributed by atoms with Gasteiger partial charge in [-0.3, -0.25) is 4.90 Å². The molecule has 10 rings (SSSR count). The minimum atomic E-state index is -1.54. The Morgan fingerprint density at radius 1 is 0.896 bits per heavy atom. The number of nitrogens with zero attached hydrogens (tertiary/aromatic N) is 7. The van der Waals surface area contributed by atoms with Crippen molar-refractivity contribution >= 4 is 51.8 Å². The fraction of sp³-hybridized carbons (Fsp3) is 0.286. The van der Waals surface area contributed by atoms with Crippen LogP contribution in [0, 0.1) is 19.7 Å². The average Bonchev–Trinajstić information content (AvgIpc) is 3.63. The van der Waals surface area contributed by atoms with Gasteiger partial charge in [-0.05, 0) is 92.7 Å². The van der Waals surface area contributed by atoms with Crippen LogP contribution < -0.4 is 23.7 Å². The summed E-state index contributed by atoms with van der Waals surface area (Å²) in [6.45, 7) is 7.61. The van der Waals surface area contributed by atoms with Crippen LogP contribution in [0.25, 0.3) is 39.4 Å². The molecule has 0 saturated carbocycles. The van der Waals surface area contributed by atoms with E-state index in [9.17, 15) is 14.3 Å². The molecule has 1 N–H and O–H groups in total. The molecule has 0 unspecified atom stereocenters. The Morgan fingerprint density at radius 2 is 1.64 bits per heavy atom. The highest BCUT2D eigenvalue weighted by atomic mass is 35.5. The molecule has 1 fully saturated rings. The van der Waals surface area contributed by atoms with Crippen molar-refractivity contribution in [2.24, 2.45) is 0 Å². The van der Waals surface area contributed by atoms with Crippen LogP contribution >= 0.6 is 34.8 Å². The second-order valence-corrected chi connectivity index (χ2v) is 17.5. The number of hydrogen-bond donors (Lipinski definition) is 1. The molecule has 3 aliphatic heterocycles. The van der Waals surface area contributed by atoms with Crippen LogP contribution in [0.3, 0.4) is 0 Å². The third kappa shape index (κ3) is 9.39. The number of likely N-dealkylation sites (N-methyl/N-ethyl adjacent to an activating group) is 1. The maximum atomic E-state index is 14.4. The summed E-state index contributed by atoms with van der Waals surface area (Å²) in [7, 11) is 3.67. The maximum absolute atomic E-state index is 14.4. The van der Waals surface area contributed by atoms with Crippen LogP contribution in [0.2, 0.25) is 15.1 Å². The Morgan fingerprint density at radius 3 is 2.37 bits per heavy atom. The Bertz CT molecular complexity index is 2960. The molecule has 4 aromatic carbocycles. The smallest absolute Gasteiger partial charge is 0.345 e. The lowest BCUT2D eigenvalue weighted by molar-refractivity contribution is -0.145. The number of methoxy groups -OCH3 is 1. The summed E-state index contributed by atoms with van der Waals surface area (Å²) in [5.41, 5.74) is 4.70. The number of piperazine rings is 1. The number of benzene rings is 4. The van der Waals surface area contributed by atoms with Gasteiger partial charge >= 0.3 is 5.97 Å². The van der Waals surface area contributed by atoms with Crippen LogP contribution in [-0.2, 0) is 17.8 Å². The molecule has 0 aliphatic carbocycles. The number of rotatable bonds is 9. The van der Waals surface area contributed by atoms with Crippen LogP contribution in [0.4, 0.5) is 4.39 Å². The van der Waals surface area contributed by atoms with Gasteiger partial charge in [-0.2, -0.15) is 4.98 Å². The molecule has 346 valence electrons. The van der Waals surface area contributed by atoms with E-state index in [-0.39, 0.29) is 57.4 Å². The van der Waals surface area contributed by atoms with Gasteiger partial charge in [-0.1, -0.05) is 46.9 Å². The van der Waals surface area contributed by atoms with Gasteiger partial charge in [0.2, 0.25) is 12.0 Å². The highest BCUT2D eigenvalue weighted by molar-refractivity contribution is 6.39. The van der Waals surface area contributed by atoms with Crippen LogP contribution in [0.5, 0.6) is 28.9 Å². The molecule has 3 aliphatic rings. The SMILES string of the molecule is COc1ccccc1-c1nccc(COc2ccc3cc2C[C@@H](C(=O)O)Oc2ncnc4c(Cl)c(-c5ccc(F)cc5)n(c24)-c2c(C)c(Cl)c(c(Cl)c2C)O[C@H](CN2CCN(C)CC2)CO3)n1. The Kier molecular flexibility index (Phi) is 13.4. The van der Waals surface area contributed by atoms with Gasteiger partial charge in [0.05, 0.1) is 44.8 Å². The number of para-hydroxylation sites is 1. The van der Waals surface area contributed by atoms with Crippen molar-refractivity contribution < 1.29 is 38.0 Å². The molecule has 6 heterocycles. The minimum absolute atomic E-state index is 0.0135. The molecule has 14 nitrogen and oxygen atoms in total. The predicted octanol–water partition coefficient (Wildman–Crippen LogP) is 9.31. The molecular weight excluding hydrogens is 924 g/mol. The van der Waals surface area contributed by atoms with Crippen molar-refractivity contribution in [1.29, 1.82) is 0 Å². The van der Waals surface area contributed by atoms with E-state index in [2.05, 4.69) is 31.8 Å². The summed E-state index contributed by atoms with van der Waals surface area (Å²) >= 11 is 21.9. The van der Waals surface area contributed by atoms with Crippen molar-refractivity contribution in [2.45, 2.75) is 39.1 Å². The van der Waals surface area contributed by atoms with Crippen LogP contribution in [0.1, 0.15) is 22.4 Å². The van der Waals surface area contributed by atoms with Gasteiger partial charge in [-0.15, -0.1) is 0 Å². The van der Waals surface area contributed by atoms with Gasteiger partial charge in [0.15, 0.2) is 11.6 Å². The summed E-state index contributed by atoms with van der Waals surface area (Å²) in [4.78, 5) is 36.2. The molecule has 18 heteroatoms. The molecular formula is C49H45Cl3FN7O7. The second kappa shape index (κ2) is 19.5. The number of halogens is 4. The Balaban J connectivity index is 1.18. The lowest BCUT2D eigenvalue weighted by Gasteiger charge is -2.35. The first-order valence-corrected chi connectivity index (χ1v) is 22.6. The molecule has 0 amide bonds. The lowest BCUT2D eigenvalue weighted by Crippen LogP contribution is -2.49. The number of ether oxygens (including phenoxy) is 5. The summed E-state index contributed by atoms with van der Waals surface area (Å²) in [6.07, 6.45) is 0.573. The lowest BCUT2D eigenvalue weighted by atomic mass is 10.1. The van der Waals surface area contributed by atoms with E-state index in [4.69, 9.17) is 63.5 Å². The zero-order chi connectivity index (χ0) is 46.9. The van der Waals surface area contributed by atoms with Crippen LogP contribution in [-0.4, -0.2) is 111 Å². The van der Waals surface area contributed by atoms with E-state index >= 15 is 0 Å². The number of carboxylic acid groups (broad SMARTS) is 1. The van der Waals surface area contributed by atoms with Crippen molar-refractivity contribution in [2.75, 3.05) is 53.5 Å². The van der Waals surface area contributed by atoms with E-state index in [1.54, 1.807) is 54.3 Å². The minimum Gasteiger partial charge on any atom is -0.496 e. The molecule has 2 atom stereocenters. The van der Waals surface area contributed by atoms with E-state index in [0.29, 0.717) is 74.5 Å². The van der Waals surface area contributed by atoms with E-state index in [1.807, 2.05) is 38.1 Å². The molecule has 0 spiro atoms. The number of aliphatic carboxylic acids is 1. The zero-order valence-electron chi connectivity index (χ0n) is 36.9. The summed E-state index contributed by atoms with van der Waals surface area (Å²) in [6, 6.07) is 20.2. The first-order chi connectivity index (χ1) is 32.4. The molecule has 7 aromatic rings. The standard InChI is InChI=1S/C49H45Cl3FN7O7/c1-27-39(50)46-40(51)28(2)43(27)60-44(29-9-11-31(53)12-10-29)41(52)42-45(60)48(56-26-55-42)67-38(49(61)62)22-30-21-33(64-25-34(66-46)23-59-19-17-58(3)18-20-59)13-14-36(30)65-24-32-15-16-54-47(57-32)35-7-5-6-8-37(35)63-4/h5-16,21,26,34,38H,17-20,22-25H2,1-4H3,(H,61,62)/t34-,38+/m1/s1.